The molecule has 0 unspecified atom stereocenters. The molecule has 0 aromatic carbocycles. The van der Waals surface area contributed by atoms with Crippen LogP contribution in [0.15, 0.2) is 53.4 Å². The van der Waals surface area contributed by atoms with Gasteiger partial charge in [0.15, 0.2) is 0 Å². The molecule has 0 spiro atoms. The van der Waals surface area contributed by atoms with Crippen molar-refractivity contribution in [1.29, 1.82) is 0 Å². The van der Waals surface area contributed by atoms with Gasteiger partial charge >= 0.3 is 0 Å². The average Bonchev–Trinajstić information content (AvgIpc) is 3.18. The van der Waals surface area contributed by atoms with E-state index in [-0.39, 0.29) is 0 Å². The maximum Gasteiger partial charge on any atom is 0.117 e. The van der Waals surface area contributed by atoms with Crippen LogP contribution in [0.2, 0.25) is 0 Å². The molecule has 25 heavy (non-hydrogen) atoms. The third kappa shape index (κ3) is 5.01. The SMILES string of the molecule is Cc1cc(C)n(C[C@H](O)CN(Cc2ccncc2)Cc2ccco2)n1. The topological polar surface area (TPSA) is 67.3 Å². The lowest BCUT2D eigenvalue weighted by atomic mass is 10.2. The Labute approximate surface area is 147 Å². The highest BCUT2D eigenvalue weighted by Gasteiger charge is 2.16. The van der Waals surface area contributed by atoms with Gasteiger partial charge in [-0.1, -0.05) is 0 Å². The summed E-state index contributed by atoms with van der Waals surface area (Å²) in [6, 6.07) is 9.83. The van der Waals surface area contributed by atoms with Crippen LogP contribution in [-0.4, -0.2) is 37.4 Å². The van der Waals surface area contributed by atoms with E-state index in [1.54, 1.807) is 18.7 Å². The number of aliphatic hydroxyl groups excluding tert-OH is 1. The van der Waals surface area contributed by atoms with Gasteiger partial charge < -0.3 is 9.52 Å². The summed E-state index contributed by atoms with van der Waals surface area (Å²) in [4.78, 5) is 6.23. The average molecular weight is 340 g/mol. The smallest absolute Gasteiger partial charge is 0.117 e. The minimum absolute atomic E-state index is 0.477. The lowest BCUT2D eigenvalue weighted by molar-refractivity contribution is 0.0839. The molecular weight excluding hydrogens is 316 g/mol. The van der Waals surface area contributed by atoms with Crippen molar-refractivity contribution in [2.75, 3.05) is 6.54 Å². The molecule has 0 radical (unpaired) electrons. The van der Waals surface area contributed by atoms with Crippen molar-refractivity contribution in [2.24, 2.45) is 0 Å². The first-order chi connectivity index (χ1) is 12.1. The Hall–Kier alpha value is -2.44. The summed E-state index contributed by atoms with van der Waals surface area (Å²) in [7, 11) is 0. The number of furan rings is 1. The fourth-order valence-electron chi connectivity index (χ4n) is 2.97. The molecule has 3 rings (SSSR count). The van der Waals surface area contributed by atoms with Crippen LogP contribution in [-0.2, 0) is 19.6 Å². The van der Waals surface area contributed by atoms with Crippen molar-refractivity contribution in [2.45, 2.75) is 39.6 Å². The third-order valence-electron chi connectivity index (χ3n) is 4.07. The van der Waals surface area contributed by atoms with E-state index in [4.69, 9.17) is 4.42 Å². The molecular formula is C19H24N4O2. The number of aromatic nitrogens is 3. The van der Waals surface area contributed by atoms with Crippen molar-refractivity contribution in [3.63, 3.8) is 0 Å². The van der Waals surface area contributed by atoms with Gasteiger partial charge in [0, 0.05) is 31.2 Å². The molecule has 6 nitrogen and oxygen atoms in total. The monoisotopic (exact) mass is 340 g/mol. The summed E-state index contributed by atoms with van der Waals surface area (Å²) >= 11 is 0. The second kappa shape index (κ2) is 8.09. The Morgan fingerprint density at radius 1 is 1.20 bits per heavy atom. The predicted molar refractivity (Wildman–Crippen MR) is 94.8 cm³/mol. The lowest BCUT2D eigenvalue weighted by Gasteiger charge is -2.24. The largest absolute Gasteiger partial charge is 0.468 e. The van der Waals surface area contributed by atoms with Gasteiger partial charge in [0.25, 0.3) is 0 Å². The first-order valence-electron chi connectivity index (χ1n) is 8.43. The highest BCUT2D eigenvalue weighted by atomic mass is 16.3. The second-order valence-electron chi connectivity index (χ2n) is 6.37. The molecule has 0 fully saturated rings. The summed E-state index contributed by atoms with van der Waals surface area (Å²) in [5.74, 6) is 0.882. The maximum absolute atomic E-state index is 10.6. The van der Waals surface area contributed by atoms with Crippen LogP contribution in [0.5, 0.6) is 0 Å². The van der Waals surface area contributed by atoms with Gasteiger partial charge in [-0.3, -0.25) is 14.6 Å². The maximum atomic E-state index is 10.6. The van der Waals surface area contributed by atoms with E-state index >= 15 is 0 Å². The zero-order valence-electron chi connectivity index (χ0n) is 14.7. The number of hydrogen-bond donors (Lipinski definition) is 1. The Bertz CT molecular complexity index is 768. The van der Waals surface area contributed by atoms with E-state index in [2.05, 4.69) is 15.0 Å². The van der Waals surface area contributed by atoms with Gasteiger partial charge in [0.2, 0.25) is 0 Å². The van der Waals surface area contributed by atoms with Crippen LogP contribution >= 0.6 is 0 Å². The van der Waals surface area contributed by atoms with Gasteiger partial charge in [0.05, 0.1) is 31.2 Å². The lowest BCUT2D eigenvalue weighted by Crippen LogP contribution is -2.34. The van der Waals surface area contributed by atoms with Gasteiger partial charge in [-0.2, -0.15) is 5.10 Å². The number of aryl methyl sites for hydroxylation is 2. The van der Waals surface area contributed by atoms with Crippen LogP contribution in [0.25, 0.3) is 0 Å². The number of nitrogens with zero attached hydrogens (tertiary/aromatic N) is 4. The Morgan fingerprint density at radius 2 is 2.00 bits per heavy atom. The minimum Gasteiger partial charge on any atom is -0.468 e. The summed E-state index contributed by atoms with van der Waals surface area (Å²) in [5.41, 5.74) is 3.18. The second-order valence-corrected chi connectivity index (χ2v) is 6.37. The first kappa shape index (κ1) is 17.4. The fraction of sp³-hybridized carbons (Fsp3) is 0.368. The van der Waals surface area contributed by atoms with Gasteiger partial charge in [0.1, 0.15) is 5.76 Å². The Balaban J connectivity index is 1.66. The number of pyridine rings is 1. The standard InChI is InChI=1S/C19H24N4O2/c1-15-10-16(2)23(21-15)13-18(24)12-22(14-19-4-3-9-25-19)11-17-5-7-20-8-6-17/h3-10,18,24H,11-14H2,1-2H3/t18-/m1/s1. The summed E-state index contributed by atoms with van der Waals surface area (Å²) < 4.78 is 7.33. The van der Waals surface area contributed by atoms with E-state index < -0.39 is 6.10 Å². The molecule has 1 N–H and O–H groups in total. The Morgan fingerprint density at radius 3 is 2.64 bits per heavy atom. The highest BCUT2D eigenvalue weighted by molar-refractivity contribution is 5.10. The number of aliphatic hydroxyl groups is 1. The van der Waals surface area contributed by atoms with Crippen molar-refractivity contribution < 1.29 is 9.52 Å². The predicted octanol–water partition coefficient (Wildman–Crippen LogP) is 2.55. The van der Waals surface area contributed by atoms with Gasteiger partial charge in [-0.05, 0) is 49.7 Å². The third-order valence-corrected chi connectivity index (χ3v) is 4.07. The van der Waals surface area contributed by atoms with Crippen molar-refractivity contribution in [3.8, 4) is 0 Å². The van der Waals surface area contributed by atoms with E-state index in [0.29, 0.717) is 19.6 Å². The molecule has 3 aromatic heterocycles. The van der Waals surface area contributed by atoms with Gasteiger partial charge in [-0.25, -0.2) is 0 Å². The van der Waals surface area contributed by atoms with E-state index in [1.165, 1.54) is 0 Å². The fourth-order valence-corrected chi connectivity index (χ4v) is 2.97. The van der Waals surface area contributed by atoms with Crippen LogP contribution < -0.4 is 0 Å². The molecule has 3 aromatic rings. The normalized spacial score (nSPS) is 12.6. The zero-order chi connectivity index (χ0) is 17.6. The summed E-state index contributed by atoms with van der Waals surface area (Å²) in [5, 5.41) is 15.0. The minimum atomic E-state index is -0.519. The van der Waals surface area contributed by atoms with E-state index in [1.807, 2.05) is 48.9 Å². The zero-order valence-corrected chi connectivity index (χ0v) is 14.7. The van der Waals surface area contributed by atoms with Crippen molar-refractivity contribution >= 4 is 0 Å². The highest BCUT2D eigenvalue weighted by Crippen LogP contribution is 2.12. The van der Waals surface area contributed by atoms with Crippen LogP contribution in [0.4, 0.5) is 0 Å². The number of rotatable bonds is 8. The first-order valence-corrected chi connectivity index (χ1v) is 8.43. The molecule has 0 saturated heterocycles. The quantitative estimate of drug-likeness (QED) is 0.682. The molecule has 3 heterocycles. The van der Waals surface area contributed by atoms with Gasteiger partial charge in [-0.15, -0.1) is 0 Å². The summed E-state index contributed by atoms with van der Waals surface area (Å²) in [6.07, 6.45) is 4.72. The molecule has 6 heteroatoms. The van der Waals surface area contributed by atoms with Crippen LogP contribution in [0, 0.1) is 13.8 Å². The van der Waals surface area contributed by atoms with E-state index in [9.17, 15) is 5.11 Å². The molecule has 0 saturated carbocycles. The molecule has 0 aliphatic rings. The molecule has 1 atom stereocenters. The van der Waals surface area contributed by atoms with Crippen LogP contribution in [0.1, 0.15) is 22.7 Å². The number of hydrogen-bond acceptors (Lipinski definition) is 5. The van der Waals surface area contributed by atoms with Crippen molar-refractivity contribution in [1.82, 2.24) is 19.7 Å². The van der Waals surface area contributed by atoms with Crippen LogP contribution in [0.3, 0.4) is 0 Å². The van der Waals surface area contributed by atoms with Crippen molar-refractivity contribution in [3.05, 3.63) is 71.7 Å². The molecule has 0 aliphatic carbocycles. The van der Waals surface area contributed by atoms with E-state index in [0.717, 1.165) is 29.3 Å². The molecule has 0 amide bonds. The Kier molecular flexibility index (Phi) is 5.63. The molecule has 0 aliphatic heterocycles. The molecule has 0 bridgehead atoms. The molecule has 132 valence electrons. The summed E-state index contributed by atoms with van der Waals surface area (Å²) in [6.45, 7) is 6.33.